The molecule has 0 fully saturated rings. The highest BCUT2D eigenvalue weighted by Crippen LogP contribution is 2.39. The Labute approximate surface area is 335 Å². The van der Waals surface area contributed by atoms with Crippen LogP contribution in [0.15, 0.2) is 182 Å². The number of nitrogens with zero attached hydrogens (tertiary/aromatic N) is 5. The van der Waals surface area contributed by atoms with Crippen molar-refractivity contribution in [2.24, 2.45) is 0 Å². The molecule has 4 heterocycles. The molecular weight excluding hydrogens is 711 g/mol. The number of aromatic nitrogens is 5. The second-order valence-electron chi connectivity index (χ2n) is 16.0. The zero-order valence-corrected chi connectivity index (χ0v) is 32.5. The zero-order chi connectivity index (χ0) is 39.0. The van der Waals surface area contributed by atoms with E-state index in [1.54, 1.807) is 0 Å². The largest absolute Gasteiger partial charge is 0.457 e. The van der Waals surface area contributed by atoms with Crippen molar-refractivity contribution in [3.05, 3.63) is 188 Å². The molecule has 0 atom stereocenters. The maximum absolute atomic E-state index is 6.69. The lowest BCUT2D eigenvalue weighted by molar-refractivity contribution is 0.483. The molecule has 0 aliphatic rings. The first kappa shape index (κ1) is 33.9. The van der Waals surface area contributed by atoms with Crippen LogP contribution in [0.2, 0.25) is 0 Å². The lowest BCUT2D eigenvalue weighted by Gasteiger charge is -2.20. The van der Waals surface area contributed by atoms with Crippen LogP contribution in [0.25, 0.3) is 83.0 Å². The Morgan fingerprint density at radius 1 is 0.448 bits per heavy atom. The van der Waals surface area contributed by atoms with Crippen LogP contribution < -0.4 is 4.74 Å². The van der Waals surface area contributed by atoms with Crippen LogP contribution in [0, 0.1) is 0 Å². The Bertz CT molecular complexity index is 3310. The van der Waals surface area contributed by atoms with Gasteiger partial charge in [-0.15, -0.1) is 0 Å². The minimum Gasteiger partial charge on any atom is -0.457 e. The van der Waals surface area contributed by atoms with Crippen LogP contribution in [0.1, 0.15) is 26.3 Å². The molecule has 0 unspecified atom stereocenters. The summed E-state index contributed by atoms with van der Waals surface area (Å²) in [5.74, 6) is 2.36. The molecule has 0 amide bonds. The first-order valence-corrected chi connectivity index (χ1v) is 19.7. The van der Waals surface area contributed by atoms with Gasteiger partial charge in [0.15, 0.2) is 0 Å². The molecule has 0 aliphatic heterocycles. The van der Waals surface area contributed by atoms with E-state index >= 15 is 0 Å². The summed E-state index contributed by atoms with van der Waals surface area (Å²) >= 11 is 0. The minimum absolute atomic E-state index is 0.0375. The van der Waals surface area contributed by atoms with E-state index < -0.39 is 0 Å². The highest BCUT2D eigenvalue weighted by molar-refractivity contribution is 6.12. The SMILES string of the molecule is CC(C)(C)c1ccnc(-n2c3ccc(-n4c5ccccc5c5ccccc54)cc3c3ccc(Oc4cccc(-n5cnc6cc(-c7ccccc7)ccc65)c4)cc32)c1. The van der Waals surface area contributed by atoms with Crippen molar-refractivity contribution in [3.8, 4) is 39.8 Å². The van der Waals surface area contributed by atoms with Gasteiger partial charge in [-0.1, -0.05) is 99.6 Å². The van der Waals surface area contributed by atoms with E-state index in [9.17, 15) is 0 Å². The molecule has 0 N–H and O–H groups in total. The molecule has 278 valence electrons. The Morgan fingerprint density at radius 3 is 1.95 bits per heavy atom. The van der Waals surface area contributed by atoms with Crippen LogP contribution >= 0.6 is 0 Å². The van der Waals surface area contributed by atoms with Gasteiger partial charge in [0.1, 0.15) is 23.6 Å². The number of para-hydroxylation sites is 2. The van der Waals surface area contributed by atoms with Gasteiger partial charge in [-0.25, -0.2) is 9.97 Å². The molecule has 6 nitrogen and oxygen atoms in total. The second kappa shape index (κ2) is 13.1. The summed E-state index contributed by atoms with van der Waals surface area (Å²) in [6.45, 7) is 6.72. The van der Waals surface area contributed by atoms with E-state index in [4.69, 9.17) is 14.7 Å². The highest BCUT2D eigenvalue weighted by Gasteiger charge is 2.20. The molecule has 4 aromatic heterocycles. The van der Waals surface area contributed by atoms with Gasteiger partial charge < -0.3 is 9.30 Å². The lowest BCUT2D eigenvalue weighted by Crippen LogP contribution is -2.12. The summed E-state index contributed by atoms with van der Waals surface area (Å²) in [5.41, 5.74) is 12.0. The molecule has 11 rings (SSSR count). The van der Waals surface area contributed by atoms with Gasteiger partial charge in [-0.2, -0.15) is 0 Å². The zero-order valence-electron chi connectivity index (χ0n) is 32.5. The third-order valence-electron chi connectivity index (χ3n) is 11.4. The van der Waals surface area contributed by atoms with Crippen LogP contribution in [0.3, 0.4) is 0 Å². The molecule has 58 heavy (non-hydrogen) atoms. The Morgan fingerprint density at radius 2 is 1.16 bits per heavy atom. The van der Waals surface area contributed by atoms with Crippen molar-refractivity contribution >= 4 is 54.6 Å². The first-order valence-electron chi connectivity index (χ1n) is 19.7. The Balaban J connectivity index is 1.03. The van der Waals surface area contributed by atoms with Crippen molar-refractivity contribution in [3.63, 3.8) is 0 Å². The van der Waals surface area contributed by atoms with Crippen molar-refractivity contribution in [2.45, 2.75) is 26.2 Å². The number of imidazole rings is 1. The maximum atomic E-state index is 6.69. The quantitative estimate of drug-likeness (QED) is 0.170. The number of benzene rings is 7. The minimum atomic E-state index is -0.0375. The summed E-state index contributed by atoms with van der Waals surface area (Å²) in [7, 11) is 0. The van der Waals surface area contributed by atoms with Crippen LogP contribution in [0.4, 0.5) is 0 Å². The van der Waals surface area contributed by atoms with Gasteiger partial charge in [-0.3, -0.25) is 9.13 Å². The van der Waals surface area contributed by atoms with Crippen molar-refractivity contribution < 1.29 is 4.74 Å². The average Bonchev–Trinajstić information content (AvgIpc) is 3.93. The Kier molecular flexibility index (Phi) is 7.63. The molecule has 0 radical (unpaired) electrons. The van der Waals surface area contributed by atoms with Crippen molar-refractivity contribution in [2.75, 3.05) is 0 Å². The number of pyridine rings is 1. The third-order valence-corrected chi connectivity index (χ3v) is 11.4. The maximum Gasteiger partial charge on any atom is 0.137 e. The van der Waals surface area contributed by atoms with E-state index in [2.05, 4.69) is 186 Å². The first-order chi connectivity index (χ1) is 28.4. The number of hydrogen-bond acceptors (Lipinski definition) is 3. The van der Waals surface area contributed by atoms with Crippen LogP contribution in [-0.4, -0.2) is 23.7 Å². The number of hydrogen-bond donors (Lipinski definition) is 0. The van der Waals surface area contributed by atoms with E-state index in [1.807, 2.05) is 30.7 Å². The normalized spacial score (nSPS) is 12.1. The lowest BCUT2D eigenvalue weighted by atomic mass is 9.88. The molecule has 0 saturated heterocycles. The predicted molar refractivity (Wildman–Crippen MR) is 238 cm³/mol. The number of rotatable bonds is 6. The second-order valence-corrected chi connectivity index (χ2v) is 16.0. The van der Waals surface area contributed by atoms with E-state index in [0.29, 0.717) is 0 Å². The summed E-state index contributed by atoms with van der Waals surface area (Å²) in [6.07, 6.45) is 3.81. The summed E-state index contributed by atoms with van der Waals surface area (Å²) in [6, 6.07) is 59.9. The fourth-order valence-corrected chi connectivity index (χ4v) is 8.51. The molecule has 11 aromatic rings. The van der Waals surface area contributed by atoms with E-state index in [-0.39, 0.29) is 5.41 Å². The van der Waals surface area contributed by atoms with Gasteiger partial charge in [-0.05, 0) is 101 Å². The van der Waals surface area contributed by atoms with Crippen molar-refractivity contribution in [1.29, 1.82) is 0 Å². The molecule has 0 bridgehead atoms. The van der Waals surface area contributed by atoms with Gasteiger partial charge in [0.2, 0.25) is 0 Å². The van der Waals surface area contributed by atoms with Gasteiger partial charge >= 0.3 is 0 Å². The summed E-state index contributed by atoms with van der Waals surface area (Å²) in [5, 5.41) is 4.76. The topological polar surface area (TPSA) is 49.8 Å². The fraction of sp³-hybridized carbons (Fsp3) is 0.0769. The van der Waals surface area contributed by atoms with Crippen LogP contribution in [0.5, 0.6) is 11.5 Å². The molecule has 0 spiro atoms. The third kappa shape index (κ3) is 5.56. The number of fused-ring (bicyclic) bond motifs is 7. The van der Waals surface area contributed by atoms with Gasteiger partial charge in [0.25, 0.3) is 0 Å². The Hall–Kier alpha value is -7.44. The molecule has 0 saturated carbocycles. The van der Waals surface area contributed by atoms with E-state index in [0.717, 1.165) is 67.1 Å². The summed E-state index contributed by atoms with van der Waals surface area (Å²) in [4.78, 5) is 9.73. The standard InChI is InChI=1S/C52H39N5O/c1-52(2,3)36-26-27-53-51(29-36)57-48-25-21-38(56-46-18-9-7-16-41(46)42-17-8-10-19-47(42)56)31-44(48)43-23-22-40(32-50(43)57)58-39-15-11-14-37(30-39)55-33-54-45-28-35(20-24-49(45)55)34-12-5-4-6-13-34/h4-33H,1-3H3. The molecule has 6 heteroatoms. The smallest absolute Gasteiger partial charge is 0.137 e. The summed E-state index contributed by atoms with van der Waals surface area (Å²) < 4.78 is 13.5. The molecular formula is C52H39N5O. The van der Waals surface area contributed by atoms with Gasteiger partial charge in [0.05, 0.1) is 38.8 Å². The van der Waals surface area contributed by atoms with Crippen LogP contribution in [-0.2, 0) is 5.41 Å². The molecule has 7 aromatic carbocycles. The average molecular weight is 750 g/mol. The monoisotopic (exact) mass is 749 g/mol. The molecule has 0 aliphatic carbocycles. The fourth-order valence-electron chi connectivity index (χ4n) is 8.51. The highest BCUT2D eigenvalue weighted by atomic mass is 16.5. The number of ether oxygens (including phenoxy) is 1. The van der Waals surface area contributed by atoms with Crippen molar-refractivity contribution in [1.82, 2.24) is 23.7 Å². The predicted octanol–water partition coefficient (Wildman–Crippen LogP) is 13.4. The van der Waals surface area contributed by atoms with E-state index in [1.165, 1.54) is 32.9 Å². The van der Waals surface area contributed by atoms with Gasteiger partial charge in [0, 0.05) is 45.6 Å².